The SMILES string of the molecule is CNCc1ccn(C2C3CC4CC(C3)CC2C4)n1. The quantitative estimate of drug-likeness (QED) is 0.887. The maximum Gasteiger partial charge on any atom is 0.0762 e. The molecule has 4 aliphatic carbocycles. The monoisotopic (exact) mass is 245 g/mol. The Kier molecular flexibility index (Phi) is 2.51. The number of hydrogen-bond donors (Lipinski definition) is 1. The minimum absolute atomic E-state index is 0.711. The number of aromatic nitrogens is 2. The molecule has 0 spiro atoms. The maximum atomic E-state index is 4.80. The first-order valence-corrected chi connectivity index (χ1v) is 7.52. The van der Waals surface area contributed by atoms with Crippen LogP contribution >= 0.6 is 0 Å². The molecule has 1 aromatic rings. The second-order valence-electron chi connectivity index (χ2n) is 6.74. The highest BCUT2D eigenvalue weighted by Crippen LogP contribution is 2.58. The summed E-state index contributed by atoms with van der Waals surface area (Å²) in [6, 6.07) is 2.89. The molecule has 0 amide bonds. The van der Waals surface area contributed by atoms with Crippen LogP contribution in [0.5, 0.6) is 0 Å². The van der Waals surface area contributed by atoms with Crippen LogP contribution in [0.15, 0.2) is 12.3 Å². The van der Waals surface area contributed by atoms with Crippen LogP contribution in [0.1, 0.15) is 43.8 Å². The molecule has 5 rings (SSSR count). The zero-order valence-electron chi connectivity index (χ0n) is 11.2. The van der Waals surface area contributed by atoms with Crippen molar-refractivity contribution in [3.05, 3.63) is 18.0 Å². The third-order valence-corrected chi connectivity index (χ3v) is 5.50. The van der Waals surface area contributed by atoms with Crippen molar-refractivity contribution in [3.8, 4) is 0 Å². The zero-order valence-corrected chi connectivity index (χ0v) is 11.2. The van der Waals surface area contributed by atoms with Crippen molar-refractivity contribution in [2.45, 2.75) is 44.7 Å². The zero-order chi connectivity index (χ0) is 12.1. The molecule has 0 aliphatic heterocycles. The van der Waals surface area contributed by atoms with Crippen molar-refractivity contribution in [1.82, 2.24) is 15.1 Å². The first kappa shape index (κ1) is 11.0. The smallest absolute Gasteiger partial charge is 0.0762 e. The van der Waals surface area contributed by atoms with Gasteiger partial charge in [-0.1, -0.05) is 0 Å². The molecule has 4 saturated carbocycles. The van der Waals surface area contributed by atoms with E-state index in [9.17, 15) is 0 Å². The number of nitrogens with one attached hydrogen (secondary N) is 1. The highest BCUT2D eigenvalue weighted by atomic mass is 15.3. The molecule has 1 aromatic heterocycles. The van der Waals surface area contributed by atoms with Crippen LogP contribution in [0.25, 0.3) is 0 Å². The number of hydrogen-bond acceptors (Lipinski definition) is 2. The molecule has 3 heteroatoms. The molecule has 1 N–H and O–H groups in total. The highest BCUT2D eigenvalue weighted by Gasteiger charge is 2.49. The molecule has 4 fully saturated rings. The van der Waals surface area contributed by atoms with Crippen molar-refractivity contribution in [1.29, 1.82) is 0 Å². The van der Waals surface area contributed by atoms with E-state index in [4.69, 9.17) is 5.10 Å². The van der Waals surface area contributed by atoms with Crippen LogP contribution in [0.3, 0.4) is 0 Å². The Hall–Kier alpha value is -0.830. The molecular formula is C15H23N3. The Morgan fingerprint density at radius 2 is 1.83 bits per heavy atom. The van der Waals surface area contributed by atoms with Gasteiger partial charge >= 0.3 is 0 Å². The molecule has 0 aromatic carbocycles. The van der Waals surface area contributed by atoms with Gasteiger partial charge in [0.25, 0.3) is 0 Å². The van der Waals surface area contributed by atoms with E-state index in [0.29, 0.717) is 6.04 Å². The fourth-order valence-corrected chi connectivity index (χ4v) is 5.15. The molecule has 0 saturated heterocycles. The number of rotatable bonds is 3. The summed E-state index contributed by atoms with van der Waals surface area (Å²) in [5.74, 6) is 3.94. The first-order valence-electron chi connectivity index (χ1n) is 7.52. The van der Waals surface area contributed by atoms with E-state index in [1.165, 1.54) is 37.8 Å². The molecular weight excluding hydrogens is 222 g/mol. The van der Waals surface area contributed by atoms with Gasteiger partial charge in [-0.05, 0) is 68.9 Å². The van der Waals surface area contributed by atoms with Crippen LogP contribution < -0.4 is 5.32 Å². The molecule has 4 aliphatic rings. The summed E-state index contributed by atoms with van der Waals surface area (Å²) in [5.41, 5.74) is 1.19. The van der Waals surface area contributed by atoms with Gasteiger partial charge in [-0.15, -0.1) is 0 Å². The van der Waals surface area contributed by atoms with Gasteiger partial charge in [0.05, 0.1) is 11.7 Å². The Labute approximate surface area is 109 Å². The predicted molar refractivity (Wildman–Crippen MR) is 71.1 cm³/mol. The lowest BCUT2D eigenvalue weighted by Crippen LogP contribution is -2.46. The van der Waals surface area contributed by atoms with Gasteiger partial charge in [0.15, 0.2) is 0 Å². The van der Waals surface area contributed by atoms with E-state index in [1.54, 1.807) is 0 Å². The lowest BCUT2D eigenvalue weighted by Gasteiger charge is -2.54. The number of nitrogens with zero attached hydrogens (tertiary/aromatic N) is 2. The lowest BCUT2D eigenvalue weighted by atomic mass is 9.54. The Balaban J connectivity index is 1.60. The van der Waals surface area contributed by atoms with Gasteiger partial charge in [0.1, 0.15) is 0 Å². The third kappa shape index (κ3) is 1.63. The summed E-state index contributed by atoms with van der Waals surface area (Å²) in [6.07, 6.45) is 9.64. The fourth-order valence-electron chi connectivity index (χ4n) is 5.15. The van der Waals surface area contributed by atoms with Crippen LogP contribution in [-0.2, 0) is 6.54 Å². The molecule has 98 valence electrons. The molecule has 1 heterocycles. The summed E-state index contributed by atoms with van der Waals surface area (Å²) in [7, 11) is 1.99. The van der Waals surface area contributed by atoms with E-state index >= 15 is 0 Å². The third-order valence-electron chi connectivity index (χ3n) is 5.50. The Morgan fingerprint density at radius 3 is 2.44 bits per heavy atom. The Bertz CT molecular complexity index is 409. The van der Waals surface area contributed by atoms with Crippen molar-refractivity contribution in [3.63, 3.8) is 0 Å². The summed E-state index contributed by atoms with van der Waals surface area (Å²) < 4.78 is 2.31. The van der Waals surface area contributed by atoms with Crippen molar-refractivity contribution in [2.24, 2.45) is 23.7 Å². The normalized spacial score (nSPS) is 41.5. The van der Waals surface area contributed by atoms with Crippen LogP contribution in [0.2, 0.25) is 0 Å². The van der Waals surface area contributed by atoms with E-state index in [2.05, 4.69) is 22.3 Å². The topological polar surface area (TPSA) is 29.9 Å². The first-order chi connectivity index (χ1) is 8.83. The van der Waals surface area contributed by atoms with Gasteiger partial charge in [-0.3, -0.25) is 4.68 Å². The van der Waals surface area contributed by atoms with E-state index < -0.39 is 0 Å². The van der Waals surface area contributed by atoms with E-state index in [1.807, 2.05) is 7.05 Å². The van der Waals surface area contributed by atoms with Gasteiger partial charge in [-0.25, -0.2) is 0 Å². The predicted octanol–water partition coefficient (Wildman–Crippen LogP) is 2.60. The summed E-state index contributed by atoms with van der Waals surface area (Å²) in [5, 5.41) is 7.99. The maximum absolute atomic E-state index is 4.80. The minimum Gasteiger partial charge on any atom is -0.314 e. The molecule has 18 heavy (non-hydrogen) atoms. The van der Waals surface area contributed by atoms with Crippen molar-refractivity contribution < 1.29 is 0 Å². The molecule has 4 bridgehead atoms. The second-order valence-corrected chi connectivity index (χ2v) is 6.74. The van der Waals surface area contributed by atoms with E-state index in [-0.39, 0.29) is 0 Å². The molecule has 3 nitrogen and oxygen atoms in total. The van der Waals surface area contributed by atoms with Crippen LogP contribution in [-0.4, -0.2) is 16.8 Å². The Morgan fingerprint density at radius 1 is 1.17 bits per heavy atom. The lowest BCUT2D eigenvalue weighted by molar-refractivity contribution is -0.0337. The summed E-state index contributed by atoms with van der Waals surface area (Å²) in [4.78, 5) is 0. The summed E-state index contributed by atoms with van der Waals surface area (Å²) in [6.45, 7) is 0.889. The average molecular weight is 245 g/mol. The van der Waals surface area contributed by atoms with Gasteiger partial charge in [-0.2, -0.15) is 5.10 Å². The van der Waals surface area contributed by atoms with Crippen molar-refractivity contribution in [2.75, 3.05) is 7.05 Å². The largest absolute Gasteiger partial charge is 0.314 e. The molecule has 0 radical (unpaired) electrons. The van der Waals surface area contributed by atoms with Crippen LogP contribution in [0, 0.1) is 23.7 Å². The standard InChI is InChI=1S/C15H23N3/c1-16-9-14-2-3-18(17-14)15-12-5-10-4-11(7-12)8-13(15)6-10/h2-3,10-13,15-16H,4-9H2,1H3. The van der Waals surface area contributed by atoms with Gasteiger partial charge < -0.3 is 5.32 Å². The van der Waals surface area contributed by atoms with Crippen molar-refractivity contribution >= 4 is 0 Å². The highest BCUT2D eigenvalue weighted by molar-refractivity contribution is 5.04. The molecule has 0 atom stereocenters. The van der Waals surface area contributed by atoms with Crippen LogP contribution in [0.4, 0.5) is 0 Å². The van der Waals surface area contributed by atoms with E-state index in [0.717, 1.165) is 30.2 Å². The minimum atomic E-state index is 0.711. The fraction of sp³-hybridized carbons (Fsp3) is 0.800. The molecule has 0 unspecified atom stereocenters. The average Bonchev–Trinajstić information content (AvgIpc) is 2.76. The second kappa shape index (κ2) is 4.09. The van der Waals surface area contributed by atoms with Gasteiger partial charge in [0, 0.05) is 12.7 Å². The van der Waals surface area contributed by atoms with Gasteiger partial charge in [0.2, 0.25) is 0 Å². The summed E-state index contributed by atoms with van der Waals surface area (Å²) >= 11 is 0.